The molecule has 0 radical (unpaired) electrons. The molecule has 3 heteroatoms. The van der Waals surface area contributed by atoms with Crippen molar-refractivity contribution in [3.05, 3.63) is 0 Å². The third kappa shape index (κ3) is 3.94. The quantitative estimate of drug-likeness (QED) is 0.755. The molecule has 96 valence electrons. The van der Waals surface area contributed by atoms with E-state index in [1.54, 1.807) is 0 Å². The number of hydrogen-bond donors (Lipinski definition) is 2. The Morgan fingerprint density at radius 3 is 2.62 bits per heavy atom. The van der Waals surface area contributed by atoms with Gasteiger partial charge in [0, 0.05) is 22.1 Å². The Balaban J connectivity index is 2.47. The molecule has 2 nitrogen and oxygen atoms in total. The summed E-state index contributed by atoms with van der Waals surface area (Å²) in [5, 5.41) is 14.6. The van der Waals surface area contributed by atoms with E-state index < -0.39 is 0 Å². The Bertz CT molecular complexity index is 210. The van der Waals surface area contributed by atoms with Crippen LogP contribution in [0, 0.1) is 0 Å². The minimum absolute atomic E-state index is 0.000700. The average Bonchev–Trinajstić information content (AvgIpc) is 2.61. The summed E-state index contributed by atoms with van der Waals surface area (Å²) in [4.78, 5) is 0. The SMILES string of the molecule is CCC(C)SC1CCC(CO)(NC(C)C)C1. The van der Waals surface area contributed by atoms with Gasteiger partial charge in [-0.25, -0.2) is 0 Å². The fraction of sp³-hybridized carbons (Fsp3) is 1.00. The topological polar surface area (TPSA) is 32.3 Å². The first-order valence-corrected chi connectivity index (χ1v) is 7.49. The van der Waals surface area contributed by atoms with Crippen LogP contribution in [0.15, 0.2) is 0 Å². The van der Waals surface area contributed by atoms with Gasteiger partial charge in [-0.1, -0.05) is 27.7 Å². The van der Waals surface area contributed by atoms with Crippen LogP contribution in [0.25, 0.3) is 0 Å². The predicted molar refractivity (Wildman–Crippen MR) is 73.1 cm³/mol. The molecule has 0 aromatic heterocycles. The zero-order chi connectivity index (χ0) is 12.2. The zero-order valence-corrected chi connectivity index (χ0v) is 11.9. The van der Waals surface area contributed by atoms with Gasteiger partial charge in [-0.05, 0) is 25.7 Å². The van der Waals surface area contributed by atoms with Crippen LogP contribution in [0.3, 0.4) is 0 Å². The van der Waals surface area contributed by atoms with Gasteiger partial charge in [0.15, 0.2) is 0 Å². The Hall–Kier alpha value is 0.270. The monoisotopic (exact) mass is 245 g/mol. The van der Waals surface area contributed by atoms with E-state index in [9.17, 15) is 5.11 Å². The van der Waals surface area contributed by atoms with Crippen molar-refractivity contribution in [2.75, 3.05) is 6.61 Å². The molecule has 1 fully saturated rings. The molecule has 2 N–H and O–H groups in total. The number of nitrogens with one attached hydrogen (secondary N) is 1. The van der Waals surface area contributed by atoms with Gasteiger partial charge in [-0.15, -0.1) is 0 Å². The Morgan fingerprint density at radius 2 is 2.12 bits per heavy atom. The van der Waals surface area contributed by atoms with Gasteiger partial charge in [0.25, 0.3) is 0 Å². The second-order valence-electron chi connectivity index (χ2n) is 5.46. The van der Waals surface area contributed by atoms with Crippen molar-refractivity contribution in [3.8, 4) is 0 Å². The Labute approximate surface area is 105 Å². The van der Waals surface area contributed by atoms with Gasteiger partial charge < -0.3 is 10.4 Å². The lowest BCUT2D eigenvalue weighted by Gasteiger charge is -2.31. The van der Waals surface area contributed by atoms with Crippen LogP contribution in [0.1, 0.15) is 53.4 Å². The molecule has 0 aromatic carbocycles. The highest BCUT2D eigenvalue weighted by molar-refractivity contribution is 8.00. The lowest BCUT2D eigenvalue weighted by atomic mass is 9.98. The van der Waals surface area contributed by atoms with E-state index in [1.807, 2.05) is 0 Å². The maximum Gasteiger partial charge on any atom is 0.0613 e. The van der Waals surface area contributed by atoms with Gasteiger partial charge in [0.05, 0.1) is 6.61 Å². The van der Waals surface area contributed by atoms with E-state index >= 15 is 0 Å². The van der Waals surface area contributed by atoms with Crippen LogP contribution in [-0.2, 0) is 0 Å². The second-order valence-corrected chi connectivity index (χ2v) is 7.20. The van der Waals surface area contributed by atoms with Crippen LogP contribution in [-0.4, -0.2) is 33.8 Å². The molecular weight excluding hydrogens is 218 g/mol. The summed E-state index contributed by atoms with van der Waals surface area (Å²) in [7, 11) is 0. The van der Waals surface area contributed by atoms with E-state index in [2.05, 4.69) is 44.8 Å². The third-order valence-corrected chi connectivity index (χ3v) is 5.05. The van der Waals surface area contributed by atoms with Crippen molar-refractivity contribution in [2.45, 2.75) is 75.5 Å². The molecule has 0 aliphatic heterocycles. The first kappa shape index (κ1) is 14.3. The highest BCUT2D eigenvalue weighted by Gasteiger charge is 2.39. The average molecular weight is 245 g/mol. The van der Waals surface area contributed by atoms with Crippen molar-refractivity contribution in [2.24, 2.45) is 0 Å². The lowest BCUT2D eigenvalue weighted by Crippen LogP contribution is -2.49. The summed E-state index contributed by atoms with van der Waals surface area (Å²) < 4.78 is 0. The number of hydrogen-bond acceptors (Lipinski definition) is 3. The van der Waals surface area contributed by atoms with E-state index in [1.165, 1.54) is 12.8 Å². The fourth-order valence-electron chi connectivity index (χ4n) is 2.55. The molecule has 16 heavy (non-hydrogen) atoms. The molecule has 3 unspecified atom stereocenters. The van der Waals surface area contributed by atoms with Gasteiger partial charge in [0.1, 0.15) is 0 Å². The van der Waals surface area contributed by atoms with Gasteiger partial charge >= 0.3 is 0 Å². The molecule has 1 saturated carbocycles. The van der Waals surface area contributed by atoms with Crippen LogP contribution < -0.4 is 5.32 Å². The molecule has 1 aliphatic carbocycles. The Kier molecular flexibility index (Phi) is 5.62. The molecular formula is C13H27NOS. The van der Waals surface area contributed by atoms with Gasteiger partial charge in [0.2, 0.25) is 0 Å². The first-order valence-electron chi connectivity index (χ1n) is 6.55. The number of aliphatic hydroxyl groups excluding tert-OH is 1. The largest absolute Gasteiger partial charge is 0.394 e. The molecule has 1 rings (SSSR count). The van der Waals surface area contributed by atoms with Crippen molar-refractivity contribution < 1.29 is 5.11 Å². The predicted octanol–water partition coefficient (Wildman–Crippen LogP) is 2.80. The van der Waals surface area contributed by atoms with Crippen LogP contribution in [0.2, 0.25) is 0 Å². The summed E-state index contributed by atoms with van der Waals surface area (Å²) in [6.45, 7) is 9.15. The maximum atomic E-state index is 9.60. The van der Waals surface area contributed by atoms with Crippen molar-refractivity contribution >= 4 is 11.8 Å². The van der Waals surface area contributed by atoms with Crippen LogP contribution >= 0.6 is 11.8 Å². The van der Waals surface area contributed by atoms with Crippen LogP contribution in [0.5, 0.6) is 0 Å². The Morgan fingerprint density at radius 1 is 1.44 bits per heavy atom. The third-order valence-electron chi connectivity index (χ3n) is 3.46. The maximum absolute atomic E-state index is 9.60. The minimum atomic E-state index is -0.000700. The zero-order valence-electron chi connectivity index (χ0n) is 11.1. The normalized spacial score (nSPS) is 32.2. The number of thioether (sulfide) groups is 1. The van der Waals surface area contributed by atoms with Crippen molar-refractivity contribution in [1.82, 2.24) is 5.32 Å². The van der Waals surface area contributed by atoms with E-state index in [-0.39, 0.29) is 12.1 Å². The summed E-state index contributed by atoms with van der Waals surface area (Å²) in [6, 6.07) is 0.458. The smallest absolute Gasteiger partial charge is 0.0613 e. The lowest BCUT2D eigenvalue weighted by molar-refractivity contribution is 0.156. The molecule has 1 aliphatic rings. The summed E-state index contributed by atoms with van der Waals surface area (Å²) in [6.07, 6.45) is 4.73. The van der Waals surface area contributed by atoms with Crippen molar-refractivity contribution in [1.29, 1.82) is 0 Å². The van der Waals surface area contributed by atoms with E-state index in [0.717, 1.165) is 23.3 Å². The van der Waals surface area contributed by atoms with Crippen LogP contribution in [0.4, 0.5) is 0 Å². The second kappa shape index (κ2) is 6.27. The summed E-state index contributed by atoms with van der Waals surface area (Å²) in [5.74, 6) is 0. The van der Waals surface area contributed by atoms with E-state index in [0.29, 0.717) is 6.04 Å². The molecule has 0 saturated heterocycles. The van der Waals surface area contributed by atoms with Gasteiger partial charge in [-0.3, -0.25) is 0 Å². The van der Waals surface area contributed by atoms with Crippen molar-refractivity contribution in [3.63, 3.8) is 0 Å². The fourth-order valence-corrected chi connectivity index (χ4v) is 4.07. The molecule has 0 bridgehead atoms. The first-order chi connectivity index (χ1) is 7.51. The molecule has 0 aromatic rings. The van der Waals surface area contributed by atoms with Gasteiger partial charge in [-0.2, -0.15) is 11.8 Å². The van der Waals surface area contributed by atoms with E-state index in [4.69, 9.17) is 0 Å². The molecule has 0 amide bonds. The highest BCUT2D eigenvalue weighted by Crippen LogP contribution is 2.39. The summed E-state index contributed by atoms with van der Waals surface area (Å²) >= 11 is 2.10. The highest BCUT2D eigenvalue weighted by atomic mass is 32.2. The standard InChI is InChI=1S/C13H27NOS/c1-5-11(4)16-12-6-7-13(8-12,9-15)14-10(2)3/h10-12,14-15H,5-9H2,1-4H3. The molecule has 0 heterocycles. The number of aliphatic hydroxyl groups is 1. The number of rotatable bonds is 6. The molecule has 3 atom stereocenters. The minimum Gasteiger partial charge on any atom is -0.394 e. The summed E-state index contributed by atoms with van der Waals surface area (Å²) in [5.41, 5.74) is -0.000700. The molecule has 0 spiro atoms.